The van der Waals surface area contributed by atoms with Crippen LogP contribution in [-0.2, 0) is 6.42 Å². The Kier molecular flexibility index (Phi) is 5.30. The average molecular weight is 318 g/mol. The molecule has 108 valence electrons. The summed E-state index contributed by atoms with van der Waals surface area (Å²) in [6.07, 6.45) is 0.564. The number of carbonyl (C=O) groups is 2. The molecule has 0 atom stereocenters. The lowest BCUT2D eigenvalue weighted by molar-refractivity contribution is 0.269. The molecule has 2 aromatic rings. The first kappa shape index (κ1) is 15.5. The first-order valence-electron chi connectivity index (χ1n) is 6.22. The Morgan fingerprint density at radius 2 is 1.14 bits per heavy atom. The highest BCUT2D eigenvalue weighted by molar-refractivity contribution is 7.97. The van der Waals surface area contributed by atoms with Crippen LogP contribution in [0.3, 0.4) is 0 Å². The van der Waals surface area contributed by atoms with Crippen molar-refractivity contribution in [1.29, 1.82) is 0 Å². The second-order valence-electron chi connectivity index (χ2n) is 4.35. The van der Waals surface area contributed by atoms with E-state index in [4.69, 9.17) is 0 Å². The summed E-state index contributed by atoms with van der Waals surface area (Å²) in [7, 11) is 0. The number of nitrogens with one attached hydrogen (secondary N) is 2. The first-order valence-corrected chi connectivity index (χ1v) is 7.11. The SMILES string of the molecule is O=C(S)Nc1ccccc1Cc1ccccc1NC(=O)S. The second-order valence-corrected chi connectivity index (χ2v) is 5.16. The summed E-state index contributed by atoms with van der Waals surface area (Å²) in [6, 6.07) is 14.9. The highest BCUT2D eigenvalue weighted by Crippen LogP contribution is 2.24. The summed E-state index contributed by atoms with van der Waals surface area (Å²) in [4.78, 5) is 22.2. The van der Waals surface area contributed by atoms with Gasteiger partial charge < -0.3 is 10.6 Å². The molecule has 6 heteroatoms. The summed E-state index contributed by atoms with van der Waals surface area (Å²) < 4.78 is 0. The number of para-hydroxylation sites is 2. The van der Waals surface area contributed by atoms with Gasteiger partial charge in [0.05, 0.1) is 0 Å². The number of rotatable bonds is 4. The van der Waals surface area contributed by atoms with E-state index in [1.165, 1.54) is 0 Å². The molecule has 4 nitrogen and oxygen atoms in total. The first-order chi connectivity index (χ1) is 10.1. The molecule has 0 saturated heterocycles. The van der Waals surface area contributed by atoms with Crippen molar-refractivity contribution in [2.24, 2.45) is 0 Å². The van der Waals surface area contributed by atoms with Gasteiger partial charge in [0.25, 0.3) is 10.5 Å². The van der Waals surface area contributed by atoms with Crippen LogP contribution in [0.1, 0.15) is 11.1 Å². The van der Waals surface area contributed by atoms with Crippen LogP contribution in [0.25, 0.3) is 0 Å². The molecule has 0 saturated carbocycles. The van der Waals surface area contributed by atoms with Crippen molar-refractivity contribution in [1.82, 2.24) is 0 Å². The molecule has 0 unspecified atom stereocenters. The molecular weight excluding hydrogens is 304 g/mol. The molecule has 0 spiro atoms. The van der Waals surface area contributed by atoms with Gasteiger partial charge in [0.1, 0.15) is 0 Å². The van der Waals surface area contributed by atoms with Crippen LogP contribution in [-0.4, -0.2) is 10.5 Å². The van der Waals surface area contributed by atoms with Gasteiger partial charge in [-0.05, 0) is 23.3 Å². The van der Waals surface area contributed by atoms with E-state index in [1.54, 1.807) is 0 Å². The summed E-state index contributed by atoms with van der Waals surface area (Å²) in [5.74, 6) is 0. The monoisotopic (exact) mass is 318 g/mol. The van der Waals surface area contributed by atoms with E-state index in [-0.39, 0.29) is 0 Å². The minimum Gasteiger partial charge on any atom is -0.317 e. The van der Waals surface area contributed by atoms with E-state index in [0.29, 0.717) is 17.8 Å². The molecule has 0 bridgehead atoms. The Bertz CT molecular complexity index is 617. The van der Waals surface area contributed by atoms with Gasteiger partial charge >= 0.3 is 0 Å². The third kappa shape index (κ3) is 4.54. The maximum absolute atomic E-state index is 11.1. The Labute approximate surface area is 133 Å². The van der Waals surface area contributed by atoms with Gasteiger partial charge in [-0.3, -0.25) is 9.59 Å². The number of hydrogen-bond donors (Lipinski definition) is 4. The van der Waals surface area contributed by atoms with Crippen molar-refractivity contribution >= 4 is 47.1 Å². The van der Waals surface area contributed by atoms with E-state index in [2.05, 4.69) is 35.9 Å². The van der Waals surface area contributed by atoms with Crippen molar-refractivity contribution in [3.63, 3.8) is 0 Å². The molecule has 2 amide bonds. The lowest BCUT2D eigenvalue weighted by Crippen LogP contribution is -2.07. The standard InChI is InChI=1S/C15H14N2O2S2/c18-14(20)16-12-7-3-1-5-10(12)9-11-6-2-4-8-13(11)17-15(19)21/h1-8H,9H2,(H2,16,18,20)(H2,17,19,21). The smallest absolute Gasteiger partial charge is 0.280 e. The van der Waals surface area contributed by atoms with E-state index in [1.807, 2.05) is 48.5 Å². The maximum atomic E-state index is 11.1. The maximum Gasteiger partial charge on any atom is 0.280 e. The number of carbonyl (C=O) groups excluding carboxylic acids is 2. The molecule has 0 aromatic heterocycles. The highest BCUT2D eigenvalue weighted by atomic mass is 32.1. The Morgan fingerprint density at radius 3 is 1.52 bits per heavy atom. The molecule has 2 aromatic carbocycles. The molecule has 2 N–H and O–H groups in total. The number of benzene rings is 2. The van der Waals surface area contributed by atoms with E-state index in [0.717, 1.165) is 11.1 Å². The quantitative estimate of drug-likeness (QED) is 0.639. The minimum atomic E-state index is -0.417. The van der Waals surface area contributed by atoms with Crippen molar-refractivity contribution < 1.29 is 9.59 Å². The zero-order chi connectivity index (χ0) is 15.2. The Balaban J connectivity index is 2.30. The molecule has 0 aliphatic carbocycles. The predicted octanol–water partition coefficient (Wildman–Crippen LogP) is 4.20. The third-order valence-electron chi connectivity index (χ3n) is 2.90. The molecule has 0 fully saturated rings. The van der Waals surface area contributed by atoms with Crippen LogP contribution in [0.4, 0.5) is 21.0 Å². The van der Waals surface area contributed by atoms with Crippen LogP contribution in [0.2, 0.25) is 0 Å². The number of amides is 2. The van der Waals surface area contributed by atoms with Gasteiger partial charge in [0, 0.05) is 17.8 Å². The van der Waals surface area contributed by atoms with Gasteiger partial charge in [-0.15, -0.1) is 0 Å². The summed E-state index contributed by atoms with van der Waals surface area (Å²) in [5.41, 5.74) is 3.26. The fraction of sp³-hybridized carbons (Fsp3) is 0.0667. The largest absolute Gasteiger partial charge is 0.317 e. The summed E-state index contributed by atoms with van der Waals surface area (Å²) in [5, 5.41) is 4.52. The van der Waals surface area contributed by atoms with Crippen LogP contribution in [0.5, 0.6) is 0 Å². The number of hydrogen-bond acceptors (Lipinski definition) is 2. The van der Waals surface area contributed by atoms with Gasteiger partial charge in [-0.25, -0.2) is 0 Å². The molecule has 21 heavy (non-hydrogen) atoms. The van der Waals surface area contributed by atoms with Gasteiger partial charge in [-0.2, -0.15) is 0 Å². The zero-order valence-electron chi connectivity index (χ0n) is 11.0. The molecule has 0 heterocycles. The predicted molar refractivity (Wildman–Crippen MR) is 91.7 cm³/mol. The second kappa shape index (κ2) is 7.19. The van der Waals surface area contributed by atoms with Gasteiger partial charge in [-0.1, -0.05) is 61.7 Å². The van der Waals surface area contributed by atoms with Gasteiger partial charge in [0.15, 0.2) is 0 Å². The lowest BCUT2D eigenvalue weighted by atomic mass is 10.0. The summed E-state index contributed by atoms with van der Waals surface area (Å²) in [6.45, 7) is 0. The van der Waals surface area contributed by atoms with Gasteiger partial charge in [0.2, 0.25) is 0 Å². The average Bonchev–Trinajstić information content (AvgIpc) is 2.42. The van der Waals surface area contributed by atoms with E-state index < -0.39 is 10.5 Å². The molecular formula is C15H14N2O2S2. The van der Waals surface area contributed by atoms with Crippen molar-refractivity contribution in [2.45, 2.75) is 6.42 Å². The highest BCUT2D eigenvalue weighted by Gasteiger charge is 2.08. The van der Waals surface area contributed by atoms with E-state index in [9.17, 15) is 9.59 Å². The van der Waals surface area contributed by atoms with Crippen LogP contribution >= 0.6 is 25.3 Å². The molecule has 0 aliphatic rings. The Hall–Kier alpha value is -1.92. The van der Waals surface area contributed by atoms with Crippen molar-refractivity contribution in [3.05, 3.63) is 59.7 Å². The van der Waals surface area contributed by atoms with Crippen LogP contribution in [0.15, 0.2) is 48.5 Å². The van der Waals surface area contributed by atoms with Crippen molar-refractivity contribution in [3.8, 4) is 0 Å². The fourth-order valence-corrected chi connectivity index (χ4v) is 2.27. The normalized spacial score (nSPS) is 10.0. The third-order valence-corrected chi connectivity index (χ3v) is 3.12. The molecule has 2 rings (SSSR count). The molecule has 0 radical (unpaired) electrons. The lowest BCUT2D eigenvalue weighted by Gasteiger charge is -2.12. The van der Waals surface area contributed by atoms with Crippen LogP contribution < -0.4 is 10.6 Å². The van der Waals surface area contributed by atoms with E-state index >= 15 is 0 Å². The zero-order valence-corrected chi connectivity index (χ0v) is 12.8. The summed E-state index contributed by atoms with van der Waals surface area (Å²) >= 11 is 7.46. The number of anilines is 2. The van der Waals surface area contributed by atoms with Crippen LogP contribution in [0, 0.1) is 0 Å². The van der Waals surface area contributed by atoms with Crippen molar-refractivity contribution in [2.75, 3.05) is 10.6 Å². The topological polar surface area (TPSA) is 58.2 Å². The number of thiol groups is 2. The molecule has 0 aliphatic heterocycles. The minimum absolute atomic E-state index is 0.417. The Morgan fingerprint density at radius 1 is 0.762 bits per heavy atom. The fourth-order valence-electron chi connectivity index (χ4n) is 2.03.